The van der Waals surface area contributed by atoms with Gasteiger partial charge in [0.05, 0.1) is 25.2 Å². The molecule has 7 heteroatoms. The van der Waals surface area contributed by atoms with Crippen LogP contribution in [0.5, 0.6) is 5.75 Å². The molecule has 31 heavy (non-hydrogen) atoms. The predicted octanol–water partition coefficient (Wildman–Crippen LogP) is 4.56. The van der Waals surface area contributed by atoms with E-state index in [0.29, 0.717) is 34.2 Å². The number of hydrogen-bond acceptors (Lipinski definition) is 5. The van der Waals surface area contributed by atoms with Crippen LogP contribution in [0.2, 0.25) is 5.02 Å². The third kappa shape index (κ3) is 4.45. The molecule has 0 radical (unpaired) electrons. The average Bonchev–Trinajstić information content (AvgIpc) is 3.39. The number of aromatic nitrogens is 1. The fourth-order valence-corrected chi connectivity index (χ4v) is 4.08. The van der Waals surface area contributed by atoms with Gasteiger partial charge in [-0.2, -0.15) is 0 Å². The maximum absolute atomic E-state index is 13.3. The highest BCUT2D eigenvalue weighted by molar-refractivity contribution is 6.30. The lowest BCUT2D eigenvalue weighted by molar-refractivity contribution is -0.146. The topological polar surface area (TPSA) is 66.8 Å². The van der Waals surface area contributed by atoms with Crippen molar-refractivity contribution in [2.24, 2.45) is 0 Å². The fourth-order valence-electron chi connectivity index (χ4n) is 3.95. The molecule has 0 spiro atoms. The van der Waals surface area contributed by atoms with Crippen molar-refractivity contribution in [1.29, 1.82) is 0 Å². The van der Waals surface area contributed by atoms with Gasteiger partial charge in [0.2, 0.25) is 0 Å². The summed E-state index contributed by atoms with van der Waals surface area (Å²) in [5, 5.41) is 1.35. The van der Waals surface area contributed by atoms with Crippen molar-refractivity contribution >= 4 is 34.4 Å². The van der Waals surface area contributed by atoms with E-state index in [1.54, 1.807) is 42.0 Å². The summed E-state index contributed by atoms with van der Waals surface area (Å²) in [5.74, 6) is 0.111. The van der Waals surface area contributed by atoms with E-state index in [-0.39, 0.29) is 31.0 Å². The normalized spacial score (nSPS) is 15.9. The van der Waals surface area contributed by atoms with Gasteiger partial charge >= 0.3 is 5.97 Å². The molecule has 1 fully saturated rings. The lowest BCUT2D eigenvalue weighted by atomic mass is 10.1. The molecule has 4 rings (SSSR count). The number of hydrogen-bond donors (Lipinski definition) is 0. The summed E-state index contributed by atoms with van der Waals surface area (Å²) >= 11 is 5.97. The standard InChI is InChI=1S/C24H24ClNO5/c1-15-20(13-23(27)31-14-19-4-3-11-30-19)21-12-18(29-2)9-10-22(21)26(15)24(28)16-5-7-17(25)8-6-16/h5-10,12,19H,3-4,11,13-14H2,1-2H3/t19-/m0/s1. The van der Waals surface area contributed by atoms with Gasteiger partial charge in [-0.1, -0.05) is 11.6 Å². The van der Waals surface area contributed by atoms with Crippen LogP contribution in [0.1, 0.15) is 34.5 Å². The Hall–Kier alpha value is -2.83. The van der Waals surface area contributed by atoms with Crippen molar-refractivity contribution in [1.82, 2.24) is 4.57 Å². The number of benzene rings is 2. The average molecular weight is 442 g/mol. The van der Waals surface area contributed by atoms with Gasteiger partial charge in [0.25, 0.3) is 5.91 Å². The summed E-state index contributed by atoms with van der Waals surface area (Å²) < 4.78 is 18.0. The van der Waals surface area contributed by atoms with E-state index in [0.717, 1.165) is 23.8 Å². The van der Waals surface area contributed by atoms with Crippen LogP contribution in [0.25, 0.3) is 10.9 Å². The van der Waals surface area contributed by atoms with Gasteiger partial charge < -0.3 is 14.2 Å². The molecule has 6 nitrogen and oxygen atoms in total. The Kier molecular flexibility index (Phi) is 6.30. The van der Waals surface area contributed by atoms with Gasteiger partial charge in [0, 0.05) is 28.3 Å². The Morgan fingerprint density at radius 1 is 1.19 bits per heavy atom. The van der Waals surface area contributed by atoms with Gasteiger partial charge in [0.1, 0.15) is 12.4 Å². The first-order valence-corrected chi connectivity index (χ1v) is 10.6. The smallest absolute Gasteiger partial charge is 0.310 e. The Balaban J connectivity index is 1.68. The molecule has 3 aromatic rings. The van der Waals surface area contributed by atoms with Crippen molar-refractivity contribution in [2.45, 2.75) is 32.3 Å². The minimum Gasteiger partial charge on any atom is -0.497 e. The molecule has 162 valence electrons. The summed E-state index contributed by atoms with van der Waals surface area (Å²) in [5.41, 5.74) is 2.65. The highest BCUT2D eigenvalue weighted by atomic mass is 35.5. The Labute approximate surface area is 185 Å². The zero-order valence-electron chi connectivity index (χ0n) is 17.5. The number of halogens is 1. The van der Waals surface area contributed by atoms with E-state index in [1.165, 1.54) is 0 Å². The molecule has 0 saturated carbocycles. The van der Waals surface area contributed by atoms with Crippen LogP contribution >= 0.6 is 11.6 Å². The molecule has 1 aliphatic rings. The molecule has 0 amide bonds. The maximum Gasteiger partial charge on any atom is 0.310 e. The van der Waals surface area contributed by atoms with E-state index >= 15 is 0 Å². The first-order chi connectivity index (χ1) is 15.0. The first-order valence-electron chi connectivity index (χ1n) is 10.2. The summed E-state index contributed by atoms with van der Waals surface area (Å²) in [7, 11) is 1.58. The number of fused-ring (bicyclic) bond motifs is 1. The fraction of sp³-hybridized carbons (Fsp3) is 0.333. The SMILES string of the molecule is COc1ccc2c(c1)c(CC(=O)OC[C@@H]1CCCO1)c(C)n2C(=O)c1ccc(Cl)cc1. The van der Waals surface area contributed by atoms with Gasteiger partial charge in [-0.15, -0.1) is 0 Å². The zero-order valence-corrected chi connectivity index (χ0v) is 18.3. The number of methoxy groups -OCH3 is 1. The molecular formula is C24H24ClNO5. The number of carbonyl (C=O) groups excluding carboxylic acids is 2. The van der Waals surface area contributed by atoms with Crippen LogP contribution in [0.15, 0.2) is 42.5 Å². The predicted molar refractivity (Wildman–Crippen MR) is 118 cm³/mol. The maximum atomic E-state index is 13.3. The van der Waals surface area contributed by atoms with Gasteiger partial charge in [-0.3, -0.25) is 14.2 Å². The van der Waals surface area contributed by atoms with Gasteiger partial charge in [-0.05, 0) is 67.8 Å². The summed E-state index contributed by atoms with van der Waals surface area (Å²) in [6.07, 6.45) is 1.92. The van der Waals surface area contributed by atoms with Crippen molar-refractivity contribution in [3.63, 3.8) is 0 Å². The zero-order chi connectivity index (χ0) is 22.0. The second-order valence-corrected chi connectivity index (χ2v) is 8.03. The van der Waals surface area contributed by atoms with Crippen LogP contribution < -0.4 is 4.74 Å². The molecule has 1 aliphatic heterocycles. The molecular weight excluding hydrogens is 418 g/mol. The minimum atomic E-state index is -0.348. The molecule has 0 bridgehead atoms. The molecule has 1 saturated heterocycles. The molecule has 0 aliphatic carbocycles. The quantitative estimate of drug-likeness (QED) is 0.524. The summed E-state index contributed by atoms with van der Waals surface area (Å²) in [6.45, 7) is 2.80. The van der Waals surface area contributed by atoms with E-state index in [1.807, 2.05) is 19.1 Å². The highest BCUT2D eigenvalue weighted by Gasteiger charge is 2.23. The molecule has 1 aromatic heterocycles. The van der Waals surface area contributed by atoms with Gasteiger partial charge in [0.15, 0.2) is 0 Å². The number of esters is 1. The lowest BCUT2D eigenvalue weighted by Crippen LogP contribution is -2.19. The third-order valence-electron chi connectivity index (χ3n) is 5.61. The first kappa shape index (κ1) is 21.4. The highest BCUT2D eigenvalue weighted by Crippen LogP contribution is 2.31. The number of rotatable bonds is 6. The second kappa shape index (κ2) is 9.12. The molecule has 1 atom stereocenters. The summed E-state index contributed by atoms with van der Waals surface area (Å²) in [4.78, 5) is 25.9. The van der Waals surface area contributed by atoms with E-state index in [2.05, 4.69) is 0 Å². The molecule has 0 N–H and O–H groups in total. The van der Waals surface area contributed by atoms with Crippen molar-refractivity contribution in [2.75, 3.05) is 20.3 Å². The molecule has 2 aromatic carbocycles. The second-order valence-electron chi connectivity index (χ2n) is 7.59. The van der Waals surface area contributed by atoms with Gasteiger partial charge in [-0.25, -0.2) is 0 Å². The Morgan fingerprint density at radius 2 is 1.97 bits per heavy atom. The largest absolute Gasteiger partial charge is 0.497 e. The van der Waals surface area contributed by atoms with Crippen LogP contribution in [-0.2, 0) is 20.7 Å². The van der Waals surface area contributed by atoms with Crippen molar-refractivity contribution < 1.29 is 23.8 Å². The van der Waals surface area contributed by atoms with Crippen molar-refractivity contribution in [3.8, 4) is 5.75 Å². The van der Waals surface area contributed by atoms with E-state index in [4.69, 9.17) is 25.8 Å². The Bertz CT molecular complexity index is 1110. The minimum absolute atomic E-state index is 0.0297. The van der Waals surface area contributed by atoms with Crippen LogP contribution in [0.4, 0.5) is 0 Å². The summed E-state index contributed by atoms with van der Waals surface area (Å²) in [6, 6.07) is 12.2. The Morgan fingerprint density at radius 3 is 2.65 bits per heavy atom. The lowest BCUT2D eigenvalue weighted by Gasteiger charge is -2.10. The third-order valence-corrected chi connectivity index (χ3v) is 5.86. The van der Waals surface area contributed by atoms with E-state index < -0.39 is 0 Å². The number of nitrogens with zero attached hydrogens (tertiary/aromatic N) is 1. The van der Waals surface area contributed by atoms with Crippen LogP contribution in [-0.4, -0.2) is 42.9 Å². The number of carbonyl (C=O) groups is 2. The molecule has 2 heterocycles. The van der Waals surface area contributed by atoms with Crippen LogP contribution in [0, 0.1) is 6.92 Å². The monoisotopic (exact) mass is 441 g/mol. The van der Waals surface area contributed by atoms with Crippen LogP contribution in [0.3, 0.4) is 0 Å². The molecule has 0 unspecified atom stereocenters. The number of ether oxygens (including phenoxy) is 3. The van der Waals surface area contributed by atoms with E-state index in [9.17, 15) is 9.59 Å². The van der Waals surface area contributed by atoms with Crippen molar-refractivity contribution in [3.05, 3.63) is 64.3 Å².